The van der Waals surface area contributed by atoms with Crippen LogP contribution in [0.15, 0.2) is 17.0 Å². The van der Waals surface area contributed by atoms with Crippen LogP contribution in [0.3, 0.4) is 0 Å². The molecule has 0 radical (unpaired) electrons. The van der Waals surface area contributed by atoms with Crippen molar-refractivity contribution in [3.63, 3.8) is 0 Å². The van der Waals surface area contributed by atoms with Gasteiger partial charge in [-0.2, -0.15) is 13.2 Å². The molecule has 0 bridgehead atoms. The summed E-state index contributed by atoms with van der Waals surface area (Å²) in [4.78, 5) is 11.7. The molecule has 1 aromatic carbocycles. The first-order valence-corrected chi connectivity index (χ1v) is 8.90. The summed E-state index contributed by atoms with van der Waals surface area (Å²) in [6.45, 7) is -2.03. The zero-order valence-electron chi connectivity index (χ0n) is 13.2. The highest BCUT2D eigenvalue weighted by Gasteiger charge is 2.27. The number of halogens is 5. The number of carbonyl (C=O) groups is 1. The molecule has 142 valence electrons. The summed E-state index contributed by atoms with van der Waals surface area (Å²) >= 11 is 11.8. The van der Waals surface area contributed by atoms with Gasteiger partial charge in [-0.1, -0.05) is 23.2 Å². The molecule has 1 N–H and O–H groups in total. The quantitative estimate of drug-likeness (QED) is 0.685. The molecule has 0 unspecified atom stereocenters. The van der Waals surface area contributed by atoms with Crippen LogP contribution in [0.2, 0.25) is 10.0 Å². The van der Waals surface area contributed by atoms with E-state index in [0.717, 1.165) is 16.4 Å². The Balaban J connectivity index is 2.86. The van der Waals surface area contributed by atoms with Crippen LogP contribution in [0.1, 0.15) is 10.4 Å². The first kappa shape index (κ1) is 22.0. The van der Waals surface area contributed by atoms with E-state index < -0.39 is 28.7 Å². The van der Waals surface area contributed by atoms with Crippen molar-refractivity contribution in [1.82, 2.24) is 9.62 Å². The number of nitrogens with one attached hydrogen (secondary N) is 1. The fourth-order valence-corrected chi connectivity index (χ4v) is 3.34. The third kappa shape index (κ3) is 6.30. The Morgan fingerprint density at radius 1 is 1.24 bits per heavy atom. The number of ether oxygens (including phenoxy) is 1. The normalized spacial score (nSPS) is 12.5. The number of amides is 1. The Hall–Kier alpha value is -1.07. The molecular weight excluding hydrogens is 408 g/mol. The maximum absolute atomic E-state index is 12.2. The predicted octanol–water partition coefficient (Wildman–Crippen LogP) is 2.55. The van der Waals surface area contributed by atoms with E-state index in [1.54, 1.807) is 0 Å². The van der Waals surface area contributed by atoms with Crippen molar-refractivity contribution < 1.29 is 31.1 Å². The van der Waals surface area contributed by atoms with Crippen molar-refractivity contribution in [2.45, 2.75) is 11.1 Å². The lowest BCUT2D eigenvalue weighted by Crippen LogP contribution is -2.29. The highest BCUT2D eigenvalue weighted by Crippen LogP contribution is 2.30. The van der Waals surface area contributed by atoms with E-state index in [1.807, 2.05) is 0 Å². The molecule has 12 heteroatoms. The van der Waals surface area contributed by atoms with Crippen molar-refractivity contribution in [1.29, 1.82) is 0 Å². The van der Waals surface area contributed by atoms with Gasteiger partial charge < -0.3 is 10.1 Å². The zero-order chi connectivity index (χ0) is 19.4. The molecule has 6 nitrogen and oxygen atoms in total. The van der Waals surface area contributed by atoms with E-state index in [2.05, 4.69) is 10.1 Å². The second kappa shape index (κ2) is 8.54. The molecule has 0 aliphatic carbocycles. The van der Waals surface area contributed by atoms with Crippen molar-refractivity contribution in [2.75, 3.05) is 33.9 Å². The van der Waals surface area contributed by atoms with Gasteiger partial charge in [-0.15, -0.1) is 0 Å². The van der Waals surface area contributed by atoms with Crippen molar-refractivity contribution >= 4 is 39.1 Å². The molecule has 1 amide bonds. The Morgan fingerprint density at radius 3 is 2.36 bits per heavy atom. The third-order valence-electron chi connectivity index (χ3n) is 2.82. The predicted molar refractivity (Wildman–Crippen MR) is 86.5 cm³/mol. The minimum Gasteiger partial charge on any atom is -0.370 e. The molecule has 0 aliphatic rings. The number of nitrogens with zero attached hydrogens (tertiary/aromatic N) is 1. The van der Waals surface area contributed by atoms with Crippen molar-refractivity contribution in [2.24, 2.45) is 0 Å². The highest BCUT2D eigenvalue weighted by atomic mass is 35.5. The van der Waals surface area contributed by atoms with E-state index in [9.17, 15) is 26.4 Å². The van der Waals surface area contributed by atoms with Gasteiger partial charge in [0, 0.05) is 20.6 Å². The Labute approximate surface area is 152 Å². The first-order chi connectivity index (χ1) is 11.4. The topological polar surface area (TPSA) is 75.7 Å². The summed E-state index contributed by atoms with van der Waals surface area (Å²) in [7, 11) is -1.33. The zero-order valence-corrected chi connectivity index (χ0v) is 15.5. The maximum Gasteiger partial charge on any atom is 0.411 e. The average Bonchev–Trinajstić information content (AvgIpc) is 2.44. The van der Waals surface area contributed by atoms with Gasteiger partial charge >= 0.3 is 6.18 Å². The standard InChI is InChI=1S/C13H15Cl2F3N2O4S/c1-20(2)25(22,23)11-5-8(9(14)6-10(11)15)12(21)19-3-4-24-7-13(16,17)18/h5-6H,3-4,7H2,1-2H3,(H,19,21). The highest BCUT2D eigenvalue weighted by molar-refractivity contribution is 7.89. The minimum absolute atomic E-state index is 0.101. The maximum atomic E-state index is 12.2. The molecule has 1 rings (SSSR count). The van der Waals surface area contributed by atoms with Crippen LogP contribution in [-0.2, 0) is 14.8 Å². The average molecular weight is 423 g/mol. The third-order valence-corrected chi connectivity index (χ3v) is 5.41. The number of benzene rings is 1. The summed E-state index contributed by atoms with van der Waals surface area (Å²) in [5.41, 5.74) is -0.178. The van der Waals surface area contributed by atoms with Gasteiger partial charge in [-0.25, -0.2) is 12.7 Å². The molecule has 0 aromatic heterocycles. The van der Waals surface area contributed by atoms with Crippen molar-refractivity contribution in [3.8, 4) is 0 Å². The van der Waals surface area contributed by atoms with E-state index >= 15 is 0 Å². The van der Waals surface area contributed by atoms with E-state index in [-0.39, 0.29) is 33.7 Å². The number of hydrogen-bond acceptors (Lipinski definition) is 4. The van der Waals surface area contributed by atoms with E-state index in [1.165, 1.54) is 14.1 Å². The van der Waals surface area contributed by atoms with Gasteiger partial charge in [0.05, 0.1) is 22.2 Å². The van der Waals surface area contributed by atoms with Gasteiger partial charge in [-0.05, 0) is 12.1 Å². The number of sulfonamides is 1. The van der Waals surface area contributed by atoms with Crippen LogP contribution in [0.25, 0.3) is 0 Å². The number of alkyl halides is 3. The molecular formula is C13H15Cl2F3N2O4S. The van der Waals surface area contributed by atoms with Crippen LogP contribution >= 0.6 is 23.2 Å². The fourth-order valence-electron chi connectivity index (χ4n) is 1.62. The fraction of sp³-hybridized carbons (Fsp3) is 0.462. The lowest BCUT2D eigenvalue weighted by molar-refractivity contribution is -0.173. The van der Waals surface area contributed by atoms with Crippen LogP contribution in [0.4, 0.5) is 13.2 Å². The SMILES string of the molecule is CN(C)S(=O)(=O)c1cc(C(=O)NCCOCC(F)(F)F)c(Cl)cc1Cl. The lowest BCUT2D eigenvalue weighted by Gasteiger charge is -2.15. The largest absolute Gasteiger partial charge is 0.411 e. The smallest absolute Gasteiger partial charge is 0.370 e. The molecule has 1 aromatic rings. The molecule has 0 heterocycles. The number of hydrogen-bond donors (Lipinski definition) is 1. The minimum atomic E-state index is -4.46. The second-order valence-electron chi connectivity index (χ2n) is 4.97. The molecule has 0 saturated carbocycles. The molecule has 0 aliphatic heterocycles. The number of carbonyl (C=O) groups excluding carboxylic acids is 1. The Kier molecular flexibility index (Phi) is 7.51. The number of rotatable bonds is 7. The summed E-state index contributed by atoms with van der Waals surface area (Å²) in [6.07, 6.45) is -4.46. The van der Waals surface area contributed by atoms with Gasteiger partial charge in [0.25, 0.3) is 5.91 Å². The first-order valence-electron chi connectivity index (χ1n) is 6.70. The van der Waals surface area contributed by atoms with Crippen LogP contribution in [0.5, 0.6) is 0 Å². The van der Waals surface area contributed by atoms with E-state index in [0.29, 0.717) is 0 Å². The van der Waals surface area contributed by atoms with Crippen LogP contribution in [-0.4, -0.2) is 58.7 Å². The van der Waals surface area contributed by atoms with Gasteiger partial charge in [0.1, 0.15) is 11.5 Å². The monoisotopic (exact) mass is 422 g/mol. The van der Waals surface area contributed by atoms with Gasteiger partial charge in [0.15, 0.2) is 0 Å². The summed E-state index contributed by atoms with van der Waals surface area (Å²) in [6, 6.07) is 2.11. The Bertz CT molecular complexity index is 740. The summed E-state index contributed by atoms with van der Waals surface area (Å²) in [5, 5.41) is 2.02. The lowest BCUT2D eigenvalue weighted by atomic mass is 10.2. The van der Waals surface area contributed by atoms with Crippen LogP contribution < -0.4 is 5.32 Å². The summed E-state index contributed by atoms with van der Waals surface area (Å²) in [5.74, 6) is -0.771. The summed E-state index contributed by atoms with van der Waals surface area (Å²) < 4.78 is 65.3. The van der Waals surface area contributed by atoms with Gasteiger partial charge in [-0.3, -0.25) is 4.79 Å². The molecule has 0 spiro atoms. The van der Waals surface area contributed by atoms with Crippen molar-refractivity contribution in [3.05, 3.63) is 27.7 Å². The molecule has 0 atom stereocenters. The van der Waals surface area contributed by atoms with E-state index in [4.69, 9.17) is 23.2 Å². The van der Waals surface area contributed by atoms with Crippen LogP contribution in [0, 0.1) is 0 Å². The molecule has 0 fully saturated rings. The van der Waals surface area contributed by atoms with Gasteiger partial charge in [0.2, 0.25) is 10.0 Å². The second-order valence-corrected chi connectivity index (χ2v) is 7.91. The Morgan fingerprint density at radius 2 is 1.84 bits per heavy atom. The molecule has 0 saturated heterocycles. The molecule has 25 heavy (non-hydrogen) atoms.